The largest absolute Gasteiger partial charge is 0.480 e. The van der Waals surface area contributed by atoms with E-state index in [9.17, 15) is 14.7 Å². The van der Waals surface area contributed by atoms with Crippen molar-refractivity contribution >= 4 is 12.0 Å². The summed E-state index contributed by atoms with van der Waals surface area (Å²) >= 11 is 0. The molecule has 2 N–H and O–H groups in total. The van der Waals surface area contributed by atoms with Gasteiger partial charge in [-0.05, 0) is 43.9 Å². The summed E-state index contributed by atoms with van der Waals surface area (Å²) in [6.45, 7) is 0.707. The van der Waals surface area contributed by atoms with Gasteiger partial charge in [0, 0.05) is 12.6 Å². The van der Waals surface area contributed by atoms with Crippen molar-refractivity contribution in [1.82, 2.24) is 10.2 Å². The standard InChI is InChI=1S/C15H24N2O3/c18-14(19)13-8-11-6-1-2-7-12(11)17(13)15(20)16-9-10-4-3-5-10/h10-13H,1-9H2,(H,16,20)(H,18,19). The highest BCUT2D eigenvalue weighted by atomic mass is 16.4. The van der Waals surface area contributed by atoms with Crippen LogP contribution in [0, 0.1) is 11.8 Å². The lowest BCUT2D eigenvalue weighted by Gasteiger charge is -2.34. The van der Waals surface area contributed by atoms with E-state index in [1.165, 1.54) is 25.7 Å². The second-order valence-electron chi connectivity index (χ2n) is 6.59. The molecular formula is C15H24N2O3. The molecule has 0 aromatic heterocycles. The number of carbonyl (C=O) groups is 2. The fourth-order valence-electron chi connectivity index (χ4n) is 3.99. The molecule has 1 aliphatic heterocycles. The molecule has 2 aliphatic carbocycles. The summed E-state index contributed by atoms with van der Waals surface area (Å²) in [6, 6.07) is -0.630. The van der Waals surface area contributed by atoms with Gasteiger partial charge < -0.3 is 15.3 Å². The van der Waals surface area contributed by atoms with Crippen LogP contribution < -0.4 is 5.32 Å². The first-order chi connectivity index (χ1) is 9.66. The molecule has 20 heavy (non-hydrogen) atoms. The first-order valence-corrected chi connectivity index (χ1v) is 7.96. The third-order valence-corrected chi connectivity index (χ3v) is 5.37. The number of hydrogen-bond acceptors (Lipinski definition) is 2. The average molecular weight is 280 g/mol. The van der Waals surface area contributed by atoms with E-state index in [1.54, 1.807) is 4.90 Å². The van der Waals surface area contributed by atoms with E-state index in [1.807, 2.05) is 0 Å². The van der Waals surface area contributed by atoms with Gasteiger partial charge in [0.25, 0.3) is 0 Å². The number of carbonyl (C=O) groups excluding carboxylic acids is 1. The van der Waals surface area contributed by atoms with Gasteiger partial charge in [0.15, 0.2) is 0 Å². The summed E-state index contributed by atoms with van der Waals surface area (Å²) < 4.78 is 0. The predicted molar refractivity (Wildman–Crippen MR) is 74.4 cm³/mol. The highest BCUT2D eigenvalue weighted by molar-refractivity contribution is 5.83. The van der Waals surface area contributed by atoms with Gasteiger partial charge in [0.1, 0.15) is 6.04 Å². The molecule has 1 saturated heterocycles. The molecule has 2 saturated carbocycles. The lowest BCUT2D eigenvalue weighted by atomic mass is 9.84. The third-order valence-electron chi connectivity index (χ3n) is 5.37. The Kier molecular flexibility index (Phi) is 3.85. The topological polar surface area (TPSA) is 69.6 Å². The van der Waals surface area contributed by atoms with Crippen molar-refractivity contribution < 1.29 is 14.7 Å². The average Bonchev–Trinajstić information content (AvgIpc) is 2.76. The van der Waals surface area contributed by atoms with Gasteiger partial charge in [-0.2, -0.15) is 0 Å². The van der Waals surface area contributed by atoms with Crippen molar-refractivity contribution in [3.63, 3.8) is 0 Å². The molecule has 3 rings (SSSR count). The Bertz CT molecular complexity index is 395. The molecule has 3 fully saturated rings. The van der Waals surface area contributed by atoms with Crippen LogP contribution in [-0.2, 0) is 4.79 Å². The van der Waals surface area contributed by atoms with Gasteiger partial charge in [-0.1, -0.05) is 19.3 Å². The van der Waals surface area contributed by atoms with Crippen LogP contribution in [0.15, 0.2) is 0 Å². The van der Waals surface area contributed by atoms with Crippen LogP contribution in [0.4, 0.5) is 4.79 Å². The molecule has 0 aromatic carbocycles. The number of rotatable bonds is 3. The van der Waals surface area contributed by atoms with E-state index in [-0.39, 0.29) is 12.1 Å². The first-order valence-electron chi connectivity index (χ1n) is 7.96. The van der Waals surface area contributed by atoms with Crippen LogP contribution in [-0.4, -0.2) is 40.6 Å². The number of likely N-dealkylation sites (tertiary alicyclic amines) is 1. The zero-order valence-electron chi connectivity index (χ0n) is 11.9. The molecule has 5 heteroatoms. The van der Waals surface area contributed by atoms with Crippen LogP contribution in [0.3, 0.4) is 0 Å². The summed E-state index contributed by atoms with van der Waals surface area (Å²) in [5, 5.41) is 12.4. The Morgan fingerprint density at radius 1 is 1.10 bits per heavy atom. The zero-order chi connectivity index (χ0) is 14.1. The fourth-order valence-corrected chi connectivity index (χ4v) is 3.99. The molecule has 0 bridgehead atoms. The maximum absolute atomic E-state index is 12.4. The minimum Gasteiger partial charge on any atom is -0.480 e. The summed E-state index contributed by atoms with van der Waals surface area (Å²) in [5.41, 5.74) is 0. The predicted octanol–water partition coefficient (Wildman–Crippen LogP) is 2.21. The summed E-state index contributed by atoms with van der Waals surface area (Å²) in [7, 11) is 0. The van der Waals surface area contributed by atoms with Crippen LogP contribution in [0.2, 0.25) is 0 Å². The van der Waals surface area contributed by atoms with Crippen molar-refractivity contribution in [3.05, 3.63) is 0 Å². The second kappa shape index (κ2) is 5.62. The molecule has 1 heterocycles. The van der Waals surface area contributed by atoms with Gasteiger partial charge in [0.05, 0.1) is 0 Å². The highest BCUT2D eigenvalue weighted by Crippen LogP contribution is 2.39. The smallest absolute Gasteiger partial charge is 0.326 e. The molecule has 112 valence electrons. The number of aliphatic carboxylic acids is 1. The van der Waals surface area contributed by atoms with E-state index < -0.39 is 12.0 Å². The molecule has 3 unspecified atom stereocenters. The molecule has 5 nitrogen and oxygen atoms in total. The lowest BCUT2D eigenvalue weighted by molar-refractivity contribution is -0.141. The molecule has 0 spiro atoms. The number of amides is 2. The summed E-state index contributed by atoms with van der Waals surface area (Å²) in [6.07, 6.45) is 8.59. The Balaban J connectivity index is 1.66. The van der Waals surface area contributed by atoms with E-state index in [2.05, 4.69) is 5.32 Å². The number of carboxylic acid groups (broad SMARTS) is 1. The SMILES string of the molecule is O=C(O)C1CC2CCCCC2N1C(=O)NCC1CCC1. The molecule has 3 aliphatic rings. The third kappa shape index (κ3) is 2.50. The van der Waals surface area contributed by atoms with E-state index in [0.717, 1.165) is 19.3 Å². The number of urea groups is 1. The van der Waals surface area contributed by atoms with E-state index in [0.29, 0.717) is 24.8 Å². The number of nitrogens with one attached hydrogen (secondary N) is 1. The summed E-state index contributed by atoms with van der Waals surface area (Å²) in [5.74, 6) is 0.143. The number of fused-ring (bicyclic) bond motifs is 1. The van der Waals surface area contributed by atoms with Crippen molar-refractivity contribution in [2.45, 2.75) is 63.5 Å². The van der Waals surface area contributed by atoms with Gasteiger partial charge in [-0.15, -0.1) is 0 Å². The van der Waals surface area contributed by atoms with Gasteiger partial charge in [-0.25, -0.2) is 9.59 Å². The Labute approximate surface area is 119 Å². The van der Waals surface area contributed by atoms with Crippen molar-refractivity contribution in [1.29, 1.82) is 0 Å². The Morgan fingerprint density at radius 2 is 1.85 bits per heavy atom. The molecule has 3 atom stereocenters. The quantitative estimate of drug-likeness (QED) is 0.832. The Morgan fingerprint density at radius 3 is 2.50 bits per heavy atom. The van der Waals surface area contributed by atoms with Crippen LogP contribution >= 0.6 is 0 Å². The van der Waals surface area contributed by atoms with E-state index in [4.69, 9.17) is 0 Å². The molecule has 0 radical (unpaired) electrons. The highest BCUT2D eigenvalue weighted by Gasteiger charge is 2.47. The number of nitrogens with zero attached hydrogens (tertiary/aromatic N) is 1. The minimum atomic E-state index is -0.849. The minimum absolute atomic E-state index is 0.145. The van der Waals surface area contributed by atoms with Crippen molar-refractivity contribution in [2.75, 3.05) is 6.54 Å². The molecule has 2 amide bonds. The summed E-state index contributed by atoms with van der Waals surface area (Å²) in [4.78, 5) is 25.5. The van der Waals surface area contributed by atoms with E-state index >= 15 is 0 Å². The second-order valence-corrected chi connectivity index (χ2v) is 6.59. The zero-order valence-corrected chi connectivity index (χ0v) is 11.9. The monoisotopic (exact) mass is 280 g/mol. The van der Waals surface area contributed by atoms with Crippen molar-refractivity contribution in [2.24, 2.45) is 11.8 Å². The fraction of sp³-hybridized carbons (Fsp3) is 0.867. The van der Waals surface area contributed by atoms with Gasteiger partial charge >= 0.3 is 12.0 Å². The maximum Gasteiger partial charge on any atom is 0.326 e. The van der Waals surface area contributed by atoms with Gasteiger partial charge in [0.2, 0.25) is 0 Å². The van der Waals surface area contributed by atoms with Gasteiger partial charge in [-0.3, -0.25) is 0 Å². The number of hydrogen-bond donors (Lipinski definition) is 2. The van der Waals surface area contributed by atoms with Crippen LogP contribution in [0.1, 0.15) is 51.4 Å². The molecule has 0 aromatic rings. The Hall–Kier alpha value is -1.26. The number of carboxylic acids is 1. The van der Waals surface area contributed by atoms with Crippen LogP contribution in [0.5, 0.6) is 0 Å². The van der Waals surface area contributed by atoms with Crippen LogP contribution in [0.25, 0.3) is 0 Å². The molecular weight excluding hydrogens is 256 g/mol. The normalized spacial score (nSPS) is 33.4. The van der Waals surface area contributed by atoms with Crippen molar-refractivity contribution in [3.8, 4) is 0 Å². The maximum atomic E-state index is 12.4. The lowest BCUT2D eigenvalue weighted by Crippen LogP contribution is -2.51. The first kappa shape index (κ1) is 13.7.